The number of halogens is 2. The highest BCUT2D eigenvalue weighted by atomic mass is 35.5. The van der Waals surface area contributed by atoms with Crippen LogP contribution in [0.25, 0.3) is 0 Å². The number of ether oxygens (including phenoxy) is 1. The van der Waals surface area contributed by atoms with Crippen molar-refractivity contribution < 1.29 is 18.7 Å². The summed E-state index contributed by atoms with van der Waals surface area (Å²) in [5.41, 5.74) is 1.03. The van der Waals surface area contributed by atoms with E-state index in [-0.39, 0.29) is 6.42 Å². The van der Waals surface area contributed by atoms with Crippen LogP contribution in [0.4, 0.5) is 10.1 Å². The van der Waals surface area contributed by atoms with Gasteiger partial charge < -0.3 is 10.1 Å². The number of benzene rings is 2. The van der Waals surface area contributed by atoms with Crippen molar-refractivity contribution in [2.45, 2.75) is 19.4 Å². The summed E-state index contributed by atoms with van der Waals surface area (Å²) in [5.74, 6) is -1.49. The number of anilines is 1. The minimum absolute atomic E-state index is 0.101. The van der Waals surface area contributed by atoms with Crippen molar-refractivity contribution in [2.75, 3.05) is 5.32 Å². The Labute approximate surface area is 138 Å². The maximum Gasteiger partial charge on any atom is 0.311 e. The van der Waals surface area contributed by atoms with Crippen LogP contribution >= 0.6 is 11.6 Å². The van der Waals surface area contributed by atoms with Gasteiger partial charge in [0.05, 0.1) is 6.42 Å². The van der Waals surface area contributed by atoms with Gasteiger partial charge in [0.25, 0.3) is 5.91 Å². The van der Waals surface area contributed by atoms with E-state index < -0.39 is 23.8 Å². The van der Waals surface area contributed by atoms with E-state index in [1.807, 2.05) is 0 Å². The predicted molar refractivity (Wildman–Crippen MR) is 85.7 cm³/mol. The quantitative estimate of drug-likeness (QED) is 0.849. The molecule has 23 heavy (non-hydrogen) atoms. The molecular weight excluding hydrogens is 321 g/mol. The van der Waals surface area contributed by atoms with Gasteiger partial charge in [0.15, 0.2) is 6.10 Å². The van der Waals surface area contributed by atoms with Crippen molar-refractivity contribution in [3.63, 3.8) is 0 Å². The summed E-state index contributed by atoms with van der Waals surface area (Å²) in [6, 6.07) is 12.2. The second kappa shape index (κ2) is 7.74. The van der Waals surface area contributed by atoms with Crippen LogP contribution in [-0.2, 0) is 20.7 Å². The van der Waals surface area contributed by atoms with E-state index >= 15 is 0 Å². The van der Waals surface area contributed by atoms with Gasteiger partial charge in [-0.15, -0.1) is 0 Å². The lowest BCUT2D eigenvalue weighted by atomic mass is 10.1. The van der Waals surface area contributed by atoms with Crippen LogP contribution in [0.3, 0.4) is 0 Å². The summed E-state index contributed by atoms with van der Waals surface area (Å²) < 4.78 is 18.1. The summed E-state index contributed by atoms with van der Waals surface area (Å²) in [5, 5.41) is 3.17. The Balaban J connectivity index is 1.87. The molecule has 0 fully saturated rings. The first-order chi connectivity index (χ1) is 10.9. The average Bonchev–Trinajstić information content (AvgIpc) is 2.49. The fourth-order valence-electron chi connectivity index (χ4n) is 1.88. The standard InChI is InChI=1S/C17H15ClFNO3/c1-11(17(22)20-15-7-5-13(18)6-8-15)23-16(21)10-12-3-2-4-14(19)9-12/h2-9,11H,10H2,1H3,(H,20,22)/t11-/m0/s1. The smallest absolute Gasteiger partial charge is 0.311 e. The summed E-state index contributed by atoms with van der Waals surface area (Å²) in [7, 11) is 0. The third-order valence-corrected chi connectivity index (χ3v) is 3.28. The summed E-state index contributed by atoms with van der Waals surface area (Å²) in [4.78, 5) is 23.8. The van der Waals surface area contributed by atoms with Gasteiger partial charge in [-0.1, -0.05) is 23.7 Å². The molecule has 0 bridgehead atoms. The number of rotatable bonds is 5. The van der Waals surface area contributed by atoms with Crippen LogP contribution in [0, 0.1) is 5.82 Å². The molecule has 6 heteroatoms. The molecule has 0 heterocycles. The Kier molecular flexibility index (Phi) is 5.71. The molecule has 0 saturated heterocycles. The van der Waals surface area contributed by atoms with Crippen LogP contribution < -0.4 is 5.32 Å². The molecule has 0 saturated carbocycles. The zero-order valence-electron chi connectivity index (χ0n) is 12.4. The highest BCUT2D eigenvalue weighted by Crippen LogP contribution is 2.14. The second-order valence-corrected chi connectivity index (χ2v) is 5.37. The summed E-state index contributed by atoms with van der Waals surface area (Å²) >= 11 is 5.76. The van der Waals surface area contributed by atoms with Crippen LogP contribution in [0.15, 0.2) is 48.5 Å². The van der Waals surface area contributed by atoms with Gasteiger partial charge in [0.2, 0.25) is 0 Å². The monoisotopic (exact) mass is 335 g/mol. The number of hydrogen-bond donors (Lipinski definition) is 1. The van der Waals surface area contributed by atoms with Crippen molar-refractivity contribution in [1.29, 1.82) is 0 Å². The zero-order valence-corrected chi connectivity index (χ0v) is 13.1. The Morgan fingerprint density at radius 1 is 1.22 bits per heavy atom. The molecule has 0 radical (unpaired) electrons. The number of hydrogen-bond acceptors (Lipinski definition) is 3. The number of carbonyl (C=O) groups is 2. The lowest BCUT2D eigenvalue weighted by Gasteiger charge is -2.13. The SMILES string of the molecule is C[C@H](OC(=O)Cc1cccc(F)c1)C(=O)Nc1ccc(Cl)cc1. The third-order valence-electron chi connectivity index (χ3n) is 3.03. The Hall–Kier alpha value is -2.40. The molecule has 1 atom stereocenters. The van der Waals surface area contributed by atoms with Crippen molar-refractivity contribution in [2.24, 2.45) is 0 Å². The molecule has 2 aromatic carbocycles. The first-order valence-corrected chi connectivity index (χ1v) is 7.32. The van der Waals surface area contributed by atoms with Gasteiger partial charge in [-0.2, -0.15) is 0 Å². The number of nitrogens with one attached hydrogen (secondary N) is 1. The van der Waals surface area contributed by atoms with Crippen molar-refractivity contribution in [3.8, 4) is 0 Å². The Morgan fingerprint density at radius 3 is 2.57 bits per heavy atom. The molecule has 1 N–H and O–H groups in total. The second-order valence-electron chi connectivity index (χ2n) is 4.93. The van der Waals surface area contributed by atoms with Gasteiger partial charge in [0.1, 0.15) is 5.82 Å². The molecule has 0 aromatic heterocycles. The zero-order chi connectivity index (χ0) is 16.8. The molecule has 4 nitrogen and oxygen atoms in total. The fraction of sp³-hybridized carbons (Fsp3) is 0.176. The van der Waals surface area contributed by atoms with E-state index in [0.717, 1.165) is 0 Å². The van der Waals surface area contributed by atoms with Crippen LogP contribution in [-0.4, -0.2) is 18.0 Å². The molecule has 1 amide bonds. The maximum absolute atomic E-state index is 13.1. The largest absolute Gasteiger partial charge is 0.452 e. The molecule has 0 unspecified atom stereocenters. The van der Waals surface area contributed by atoms with Gasteiger partial charge in [0, 0.05) is 10.7 Å². The molecule has 0 aliphatic rings. The normalized spacial score (nSPS) is 11.6. The highest BCUT2D eigenvalue weighted by molar-refractivity contribution is 6.30. The van der Waals surface area contributed by atoms with Crippen LogP contribution in [0.2, 0.25) is 5.02 Å². The molecule has 0 spiro atoms. The molecule has 2 rings (SSSR count). The number of amides is 1. The maximum atomic E-state index is 13.1. The van der Waals surface area contributed by atoms with Gasteiger partial charge in [-0.3, -0.25) is 9.59 Å². The van der Waals surface area contributed by atoms with E-state index in [1.54, 1.807) is 30.3 Å². The summed E-state index contributed by atoms with van der Waals surface area (Å²) in [6.07, 6.45) is -1.07. The van der Waals surface area contributed by atoms with Crippen molar-refractivity contribution >= 4 is 29.2 Å². The predicted octanol–water partition coefficient (Wildman–Crippen LogP) is 3.59. The lowest BCUT2D eigenvalue weighted by molar-refractivity contribution is -0.152. The first-order valence-electron chi connectivity index (χ1n) is 6.94. The molecule has 0 aliphatic heterocycles. The minimum atomic E-state index is -0.966. The summed E-state index contributed by atoms with van der Waals surface area (Å²) in [6.45, 7) is 1.47. The van der Waals surface area contributed by atoms with Gasteiger partial charge >= 0.3 is 5.97 Å². The van der Waals surface area contributed by atoms with Crippen molar-refractivity contribution in [3.05, 3.63) is 64.9 Å². The average molecular weight is 336 g/mol. The lowest BCUT2D eigenvalue weighted by Crippen LogP contribution is -2.30. The Morgan fingerprint density at radius 2 is 1.91 bits per heavy atom. The van der Waals surface area contributed by atoms with E-state index in [4.69, 9.17) is 16.3 Å². The van der Waals surface area contributed by atoms with Gasteiger partial charge in [-0.25, -0.2) is 4.39 Å². The van der Waals surface area contributed by atoms with Crippen LogP contribution in [0.1, 0.15) is 12.5 Å². The highest BCUT2D eigenvalue weighted by Gasteiger charge is 2.18. The van der Waals surface area contributed by atoms with E-state index in [1.165, 1.54) is 25.1 Å². The van der Waals surface area contributed by atoms with Crippen LogP contribution in [0.5, 0.6) is 0 Å². The van der Waals surface area contributed by atoms with E-state index in [0.29, 0.717) is 16.3 Å². The fourth-order valence-corrected chi connectivity index (χ4v) is 2.01. The molecule has 0 aliphatic carbocycles. The topological polar surface area (TPSA) is 55.4 Å². The molecule has 120 valence electrons. The van der Waals surface area contributed by atoms with E-state index in [9.17, 15) is 14.0 Å². The number of carbonyl (C=O) groups excluding carboxylic acids is 2. The minimum Gasteiger partial charge on any atom is -0.452 e. The van der Waals surface area contributed by atoms with E-state index in [2.05, 4.69) is 5.32 Å². The van der Waals surface area contributed by atoms with Gasteiger partial charge in [-0.05, 0) is 48.9 Å². The Bertz CT molecular complexity index is 703. The molecular formula is C17H15ClFNO3. The first kappa shape index (κ1) is 17.0. The number of esters is 1. The van der Waals surface area contributed by atoms with Crippen molar-refractivity contribution in [1.82, 2.24) is 0 Å². The third kappa shape index (κ3) is 5.38. The molecule has 2 aromatic rings.